The fourth-order valence-electron chi connectivity index (χ4n) is 2.02. The first-order valence-corrected chi connectivity index (χ1v) is 7.80. The molecule has 5 heteroatoms. The van der Waals surface area contributed by atoms with Crippen LogP contribution >= 0.6 is 8.58 Å². The number of aldehydes is 1. The molecule has 0 radical (unpaired) electrons. The van der Waals surface area contributed by atoms with E-state index >= 15 is 0 Å². The lowest BCUT2D eigenvalue weighted by atomic mass is 10.2. The van der Waals surface area contributed by atoms with Gasteiger partial charge < -0.3 is 14.2 Å². The molecule has 0 aromatic heterocycles. The SMILES string of the molecule is COCOc1ccc(OC)cc1Pc1ccc(C)cc1C=O. The van der Waals surface area contributed by atoms with Crippen LogP contribution < -0.4 is 20.1 Å². The molecule has 0 spiro atoms. The molecule has 0 aliphatic carbocycles. The van der Waals surface area contributed by atoms with Gasteiger partial charge in [-0.05, 0) is 36.5 Å². The number of carbonyl (C=O) groups is 1. The lowest BCUT2D eigenvalue weighted by molar-refractivity contribution is 0.0519. The molecule has 4 nitrogen and oxygen atoms in total. The third-order valence-electron chi connectivity index (χ3n) is 3.12. The van der Waals surface area contributed by atoms with E-state index in [1.165, 1.54) is 0 Å². The van der Waals surface area contributed by atoms with Crippen molar-refractivity contribution in [2.75, 3.05) is 21.0 Å². The minimum atomic E-state index is 0.179. The molecule has 0 amide bonds. The highest BCUT2D eigenvalue weighted by Gasteiger charge is 2.10. The van der Waals surface area contributed by atoms with Crippen LogP contribution in [0.25, 0.3) is 0 Å². The predicted octanol–water partition coefficient (Wildman–Crippen LogP) is 2.43. The Labute approximate surface area is 132 Å². The molecule has 0 N–H and O–H groups in total. The number of methoxy groups -OCH3 is 2. The monoisotopic (exact) mass is 318 g/mol. The van der Waals surface area contributed by atoms with Crippen molar-refractivity contribution >= 4 is 25.5 Å². The number of carbonyl (C=O) groups excluding carboxylic acids is 1. The van der Waals surface area contributed by atoms with Crippen molar-refractivity contribution in [3.05, 3.63) is 47.5 Å². The fraction of sp³-hybridized carbons (Fsp3) is 0.235. The summed E-state index contributed by atoms with van der Waals surface area (Å²) in [6.07, 6.45) is 0.894. The van der Waals surface area contributed by atoms with Crippen LogP contribution in [0, 0.1) is 6.92 Å². The normalized spacial score (nSPS) is 10.9. The van der Waals surface area contributed by atoms with E-state index in [0.717, 1.165) is 34.0 Å². The zero-order valence-corrected chi connectivity index (χ0v) is 13.9. The quantitative estimate of drug-likeness (QED) is 0.447. The molecular formula is C17H19O4P. The molecular weight excluding hydrogens is 299 g/mol. The minimum absolute atomic E-state index is 0.179. The number of hydrogen-bond acceptors (Lipinski definition) is 4. The van der Waals surface area contributed by atoms with Gasteiger partial charge in [-0.2, -0.15) is 0 Å². The van der Waals surface area contributed by atoms with Crippen molar-refractivity contribution < 1.29 is 19.0 Å². The Balaban J connectivity index is 2.36. The van der Waals surface area contributed by atoms with E-state index in [4.69, 9.17) is 14.2 Å². The van der Waals surface area contributed by atoms with Gasteiger partial charge in [0.25, 0.3) is 0 Å². The highest BCUT2D eigenvalue weighted by molar-refractivity contribution is 7.56. The first kappa shape index (κ1) is 16.5. The van der Waals surface area contributed by atoms with Gasteiger partial charge in [-0.1, -0.05) is 26.3 Å². The molecule has 0 fully saturated rings. The molecule has 0 saturated carbocycles. The summed E-state index contributed by atoms with van der Waals surface area (Å²) in [4.78, 5) is 11.3. The maximum absolute atomic E-state index is 11.3. The smallest absolute Gasteiger partial charge is 0.188 e. The van der Waals surface area contributed by atoms with Crippen molar-refractivity contribution in [2.45, 2.75) is 6.92 Å². The predicted molar refractivity (Wildman–Crippen MR) is 89.6 cm³/mol. The van der Waals surface area contributed by atoms with Crippen LogP contribution in [0.1, 0.15) is 15.9 Å². The maximum atomic E-state index is 11.3. The average Bonchev–Trinajstić information content (AvgIpc) is 2.55. The van der Waals surface area contributed by atoms with E-state index in [1.807, 2.05) is 43.3 Å². The molecule has 0 aliphatic heterocycles. The first-order valence-electron chi connectivity index (χ1n) is 6.80. The molecule has 0 heterocycles. The van der Waals surface area contributed by atoms with Crippen LogP contribution in [-0.2, 0) is 4.74 Å². The van der Waals surface area contributed by atoms with Crippen molar-refractivity contribution in [3.63, 3.8) is 0 Å². The summed E-state index contributed by atoms with van der Waals surface area (Å²) >= 11 is 0. The van der Waals surface area contributed by atoms with Crippen molar-refractivity contribution in [2.24, 2.45) is 0 Å². The third kappa shape index (κ3) is 4.06. The second-order valence-electron chi connectivity index (χ2n) is 4.75. The van der Waals surface area contributed by atoms with Crippen molar-refractivity contribution in [1.29, 1.82) is 0 Å². The Morgan fingerprint density at radius 2 is 1.91 bits per heavy atom. The van der Waals surface area contributed by atoms with Crippen LogP contribution in [0.4, 0.5) is 0 Å². The summed E-state index contributed by atoms with van der Waals surface area (Å²) in [5.74, 6) is 1.49. The number of ether oxygens (including phenoxy) is 3. The van der Waals surface area contributed by atoms with Gasteiger partial charge in [-0.3, -0.25) is 4.79 Å². The molecule has 116 valence electrons. The van der Waals surface area contributed by atoms with E-state index in [2.05, 4.69) is 0 Å². The summed E-state index contributed by atoms with van der Waals surface area (Å²) in [6.45, 7) is 2.15. The average molecular weight is 318 g/mol. The van der Waals surface area contributed by atoms with Gasteiger partial charge in [0.1, 0.15) is 11.5 Å². The van der Waals surface area contributed by atoms with Crippen molar-refractivity contribution in [1.82, 2.24) is 0 Å². The summed E-state index contributed by atoms with van der Waals surface area (Å²) in [6, 6.07) is 11.5. The van der Waals surface area contributed by atoms with E-state index in [0.29, 0.717) is 14.1 Å². The van der Waals surface area contributed by atoms with Crippen LogP contribution in [0.15, 0.2) is 36.4 Å². The zero-order valence-electron chi connectivity index (χ0n) is 12.9. The standard InChI is InChI=1S/C17H19O4P/c1-12-4-7-16(13(8-12)10-18)22-17-9-14(20-3)5-6-15(17)21-11-19-2/h4-10,22H,11H2,1-3H3. The molecule has 0 bridgehead atoms. The van der Waals surface area contributed by atoms with E-state index in [-0.39, 0.29) is 6.79 Å². The summed E-state index contributed by atoms with van der Waals surface area (Å²) in [5.41, 5.74) is 1.77. The molecule has 2 rings (SSSR count). The van der Waals surface area contributed by atoms with Gasteiger partial charge in [0.15, 0.2) is 13.1 Å². The van der Waals surface area contributed by atoms with Gasteiger partial charge >= 0.3 is 0 Å². The zero-order chi connectivity index (χ0) is 15.9. The Morgan fingerprint density at radius 3 is 2.59 bits per heavy atom. The highest BCUT2D eigenvalue weighted by Crippen LogP contribution is 2.25. The van der Waals surface area contributed by atoms with Crippen LogP contribution in [0.2, 0.25) is 0 Å². The van der Waals surface area contributed by atoms with E-state index in [9.17, 15) is 4.79 Å². The molecule has 2 aromatic rings. The minimum Gasteiger partial charge on any atom is -0.497 e. The highest BCUT2D eigenvalue weighted by atomic mass is 31.1. The number of rotatable bonds is 7. The molecule has 0 aliphatic rings. The van der Waals surface area contributed by atoms with Gasteiger partial charge in [0, 0.05) is 18.0 Å². The van der Waals surface area contributed by atoms with Crippen LogP contribution in [-0.4, -0.2) is 27.3 Å². The van der Waals surface area contributed by atoms with Crippen molar-refractivity contribution in [3.8, 4) is 11.5 Å². The Morgan fingerprint density at radius 1 is 1.09 bits per heavy atom. The van der Waals surface area contributed by atoms with E-state index in [1.54, 1.807) is 14.2 Å². The molecule has 2 aromatic carbocycles. The molecule has 22 heavy (non-hydrogen) atoms. The largest absolute Gasteiger partial charge is 0.497 e. The number of hydrogen-bond donors (Lipinski definition) is 0. The van der Waals surface area contributed by atoms with Gasteiger partial charge in [-0.25, -0.2) is 0 Å². The van der Waals surface area contributed by atoms with Gasteiger partial charge in [0.2, 0.25) is 0 Å². The van der Waals surface area contributed by atoms with Crippen LogP contribution in [0.3, 0.4) is 0 Å². The Kier molecular flexibility index (Phi) is 5.93. The summed E-state index contributed by atoms with van der Waals surface area (Å²) < 4.78 is 15.8. The maximum Gasteiger partial charge on any atom is 0.188 e. The second-order valence-corrected chi connectivity index (χ2v) is 6.07. The summed E-state index contributed by atoms with van der Waals surface area (Å²) in [7, 11) is 3.50. The molecule has 1 unspecified atom stereocenters. The summed E-state index contributed by atoms with van der Waals surface area (Å²) in [5, 5.41) is 1.96. The number of aryl methyl sites for hydroxylation is 1. The molecule has 1 atom stereocenters. The van der Waals surface area contributed by atoms with Gasteiger partial charge in [-0.15, -0.1) is 0 Å². The lowest BCUT2D eigenvalue weighted by Crippen LogP contribution is -2.13. The second kappa shape index (κ2) is 7.92. The third-order valence-corrected chi connectivity index (χ3v) is 4.51. The Hall–Kier alpha value is -1.90. The van der Waals surface area contributed by atoms with Crippen LogP contribution in [0.5, 0.6) is 11.5 Å². The molecule has 0 saturated heterocycles. The topological polar surface area (TPSA) is 44.8 Å². The number of benzene rings is 2. The first-order chi connectivity index (χ1) is 10.7. The Bertz CT molecular complexity index is 655. The fourth-order valence-corrected chi connectivity index (χ4v) is 3.25. The van der Waals surface area contributed by atoms with E-state index < -0.39 is 0 Å². The van der Waals surface area contributed by atoms with Gasteiger partial charge in [0.05, 0.1) is 7.11 Å². The lowest BCUT2D eigenvalue weighted by Gasteiger charge is -2.13.